The van der Waals surface area contributed by atoms with Gasteiger partial charge in [-0.05, 0) is 24.8 Å². The van der Waals surface area contributed by atoms with E-state index < -0.39 is 9.84 Å². The topological polar surface area (TPSA) is 105 Å². The highest BCUT2D eigenvalue weighted by atomic mass is 32.2. The lowest BCUT2D eigenvalue weighted by molar-refractivity contribution is -0.132. The lowest BCUT2D eigenvalue weighted by atomic mass is 10.0. The van der Waals surface area contributed by atoms with Crippen LogP contribution in [-0.4, -0.2) is 45.3 Å². The number of aromatic amines is 1. The van der Waals surface area contributed by atoms with Crippen LogP contribution in [0.25, 0.3) is 16.8 Å². The van der Waals surface area contributed by atoms with Crippen molar-refractivity contribution in [2.75, 3.05) is 11.5 Å². The van der Waals surface area contributed by atoms with Gasteiger partial charge in [-0.2, -0.15) is 0 Å². The summed E-state index contributed by atoms with van der Waals surface area (Å²) >= 11 is 0. The molecule has 0 spiro atoms. The Morgan fingerprint density at radius 3 is 2.70 bits per heavy atom. The number of carbonyl (C=O) groups excluding carboxylic acids is 1. The second kappa shape index (κ2) is 6.80. The van der Waals surface area contributed by atoms with Gasteiger partial charge in [0, 0.05) is 17.7 Å². The summed E-state index contributed by atoms with van der Waals surface area (Å²) in [5.41, 5.74) is 4.18. The molecule has 3 aromatic rings. The molecule has 2 aliphatic heterocycles. The number of nitrogens with zero attached hydrogens (tertiary/aromatic N) is 3. The number of fused-ring (bicyclic) bond motifs is 2. The van der Waals surface area contributed by atoms with E-state index in [1.807, 2.05) is 37.3 Å². The summed E-state index contributed by atoms with van der Waals surface area (Å²) in [6.07, 6.45) is 0.722. The van der Waals surface area contributed by atoms with Gasteiger partial charge >= 0.3 is 0 Å². The quantitative estimate of drug-likeness (QED) is 0.686. The number of hydrogen-bond donors (Lipinski definition) is 1. The molecule has 2 aromatic heterocycles. The first kappa shape index (κ1) is 19.0. The second-order valence-corrected chi connectivity index (χ2v) is 10.4. The molecule has 0 saturated carbocycles. The van der Waals surface area contributed by atoms with Crippen LogP contribution in [0, 0.1) is 12.8 Å². The molecule has 0 radical (unpaired) electrons. The highest BCUT2D eigenvalue weighted by Crippen LogP contribution is 2.29. The zero-order chi connectivity index (χ0) is 21.0. The number of benzene rings is 1. The van der Waals surface area contributed by atoms with Crippen LogP contribution < -0.4 is 5.56 Å². The minimum atomic E-state index is -3.02. The van der Waals surface area contributed by atoms with E-state index in [4.69, 9.17) is 4.98 Å². The fourth-order valence-electron chi connectivity index (χ4n) is 4.52. The van der Waals surface area contributed by atoms with Gasteiger partial charge in [0.1, 0.15) is 0 Å². The number of sulfone groups is 1. The standard InChI is InChI=1S/C21H22N4O4S/c1-13-19(15-5-3-2-4-6-15)20-22-17-11-24(10-16(17)21(27)25(20)23-13)18(26)9-14-7-8-30(28,29)12-14/h2-6,14,23H,7-12H2,1H3/t14-/m0/s1. The van der Waals surface area contributed by atoms with Gasteiger partial charge in [0.15, 0.2) is 15.5 Å². The fourth-order valence-corrected chi connectivity index (χ4v) is 6.38. The van der Waals surface area contributed by atoms with E-state index in [9.17, 15) is 18.0 Å². The molecule has 1 atom stereocenters. The van der Waals surface area contributed by atoms with Crippen molar-refractivity contribution < 1.29 is 13.2 Å². The lowest BCUT2D eigenvalue weighted by Crippen LogP contribution is -2.28. The maximum Gasteiger partial charge on any atom is 0.278 e. The summed E-state index contributed by atoms with van der Waals surface area (Å²) in [6.45, 7) is 2.39. The van der Waals surface area contributed by atoms with E-state index in [0.29, 0.717) is 23.3 Å². The highest BCUT2D eigenvalue weighted by Gasteiger charge is 2.34. The predicted molar refractivity (Wildman–Crippen MR) is 112 cm³/mol. The number of rotatable bonds is 3. The molecule has 1 fully saturated rings. The van der Waals surface area contributed by atoms with Crippen molar-refractivity contribution in [1.29, 1.82) is 0 Å². The van der Waals surface area contributed by atoms with E-state index in [-0.39, 0.29) is 48.4 Å². The maximum atomic E-state index is 13.1. The van der Waals surface area contributed by atoms with Crippen LogP contribution in [0.1, 0.15) is 29.8 Å². The second-order valence-electron chi connectivity index (χ2n) is 8.20. The number of aryl methyl sites for hydroxylation is 1. The zero-order valence-corrected chi connectivity index (χ0v) is 17.4. The van der Waals surface area contributed by atoms with Gasteiger partial charge in [0.05, 0.1) is 35.9 Å². The first-order valence-corrected chi connectivity index (χ1v) is 11.8. The molecule has 2 aliphatic rings. The van der Waals surface area contributed by atoms with Crippen LogP contribution in [0.3, 0.4) is 0 Å². The van der Waals surface area contributed by atoms with Crippen molar-refractivity contribution in [3.8, 4) is 11.1 Å². The largest absolute Gasteiger partial charge is 0.332 e. The van der Waals surface area contributed by atoms with E-state index in [0.717, 1.165) is 16.8 Å². The Morgan fingerprint density at radius 2 is 2.00 bits per heavy atom. The molecule has 1 N–H and O–H groups in total. The molecule has 5 rings (SSSR count). The van der Waals surface area contributed by atoms with E-state index in [1.54, 1.807) is 4.90 Å². The molecule has 30 heavy (non-hydrogen) atoms. The molecule has 9 heteroatoms. The summed E-state index contributed by atoms with van der Waals surface area (Å²) in [7, 11) is -3.02. The van der Waals surface area contributed by atoms with Crippen LogP contribution in [0.4, 0.5) is 0 Å². The summed E-state index contributed by atoms with van der Waals surface area (Å²) < 4.78 is 24.8. The molecule has 8 nitrogen and oxygen atoms in total. The SMILES string of the molecule is Cc1[nH]n2c(=O)c3c(nc2c1-c1ccccc1)CN(C(=O)C[C@@H]1CCS(=O)(=O)C1)C3. The van der Waals surface area contributed by atoms with E-state index in [1.165, 1.54) is 4.52 Å². The van der Waals surface area contributed by atoms with Crippen LogP contribution >= 0.6 is 0 Å². The Balaban J connectivity index is 1.46. The molecule has 4 heterocycles. The van der Waals surface area contributed by atoms with Gasteiger partial charge in [-0.15, -0.1) is 0 Å². The fraction of sp³-hybridized carbons (Fsp3) is 0.381. The smallest absolute Gasteiger partial charge is 0.278 e. The Bertz CT molecular complexity index is 1320. The van der Waals surface area contributed by atoms with Crippen LogP contribution in [0.15, 0.2) is 35.1 Å². The van der Waals surface area contributed by atoms with Crippen LogP contribution in [0.2, 0.25) is 0 Å². The van der Waals surface area contributed by atoms with Crippen molar-refractivity contribution in [3.63, 3.8) is 0 Å². The Morgan fingerprint density at radius 1 is 1.23 bits per heavy atom. The highest BCUT2D eigenvalue weighted by molar-refractivity contribution is 7.91. The first-order chi connectivity index (χ1) is 14.3. The van der Waals surface area contributed by atoms with Gasteiger partial charge in [-0.3, -0.25) is 14.7 Å². The van der Waals surface area contributed by atoms with E-state index >= 15 is 0 Å². The van der Waals surface area contributed by atoms with E-state index in [2.05, 4.69) is 5.10 Å². The summed E-state index contributed by atoms with van der Waals surface area (Å²) in [5.74, 6) is -0.0336. The van der Waals surface area contributed by atoms with Gasteiger partial charge in [-0.25, -0.2) is 17.9 Å². The number of hydrogen-bond acceptors (Lipinski definition) is 5. The number of nitrogens with one attached hydrogen (secondary N) is 1. The third kappa shape index (κ3) is 3.13. The summed E-state index contributed by atoms with van der Waals surface area (Å²) in [4.78, 5) is 32.2. The molecular weight excluding hydrogens is 404 g/mol. The van der Waals surface area contributed by atoms with Gasteiger partial charge in [0.2, 0.25) is 5.91 Å². The van der Waals surface area contributed by atoms with Crippen molar-refractivity contribution in [1.82, 2.24) is 19.5 Å². The Labute approximate surface area is 173 Å². The first-order valence-electron chi connectivity index (χ1n) is 9.99. The van der Waals surface area contributed by atoms with Crippen LogP contribution in [-0.2, 0) is 27.7 Å². The van der Waals surface area contributed by atoms with Crippen molar-refractivity contribution >= 4 is 21.4 Å². The zero-order valence-electron chi connectivity index (χ0n) is 16.6. The third-order valence-electron chi connectivity index (χ3n) is 6.04. The molecule has 1 aromatic carbocycles. The molecule has 156 valence electrons. The maximum absolute atomic E-state index is 13.1. The average Bonchev–Trinajstić information content (AvgIpc) is 3.38. The minimum absolute atomic E-state index is 0.0726. The number of amides is 1. The summed E-state index contributed by atoms with van der Waals surface area (Å²) in [6, 6.07) is 9.76. The lowest BCUT2D eigenvalue weighted by Gasteiger charge is -2.17. The number of aromatic nitrogens is 3. The molecule has 1 saturated heterocycles. The molecule has 1 amide bonds. The monoisotopic (exact) mass is 426 g/mol. The Hall–Kier alpha value is -2.94. The average molecular weight is 426 g/mol. The van der Waals surface area contributed by atoms with Gasteiger partial charge in [0.25, 0.3) is 5.56 Å². The molecule has 0 bridgehead atoms. The normalized spacial score (nSPS) is 20.0. The number of carbonyl (C=O) groups is 1. The third-order valence-corrected chi connectivity index (χ3v) is 7.87. The molecule has 0 aliphatic carbocycles. The van der Waals surface area contributed by atoms with Crippen LogP contribution in [0.5, 0.6) is 0 Å². The van der Waals surface area contributed by atoms with Crippen molar-refractivity contribution in [3.05, 3.63) is 57.6 Å². The number of H-pyrrole nitrogens is 1. The minimum Gasteiger partial charge on any atom is -0.332 e. The Kier molecular flexibility index (Phi) is 4.32. The molecular formula is C21H22N4O4S. The predicted octanol–water partition coefficient (Wildman–Crippen LogP) is 1.67. The van der Waals surface area contributed by atoms with Gasteiger partial charge < -0.3 is 4.90 Å². The molecule has 0 unspecified atom stereocenters. The van der Waals surface area contributed by atoms with Crippen molar-refractivity contribution in [2.45, 2.75) is 32.9 Å². The summed E-state index contributed by atoms with van der Waals surface area (Å²) in [5, 5.41) is 3.11. The van der Waals surface area contributed by atoms with Crippen molar-refractivity contribution in [2.24, 2.45) is 5.92 Å². The van der Waals surface area contributed by atoms with Gasteiger partial charge in [-0.1, -0.05) is 30.3 Å².